The van der Waals surface area contributed by atoms with E-state index in [1.165, 1.54) is 64.5 Å². The fourth-order valence-corrected chi connectivity index (χ4v) is 5.23. The molecule has 144 valence electrons. The fraction of sp³-hybridized carbons (Fsp3) is 0.952. The lowest BCUT2D eigenvalue weighted by molar-refractivity contribution is -0.132. The van der Waals surface area contributed by atoms with E-state index in [0.717, 1.165) is 50.5 Å². The van der Waals surface area contributed by atoms with Crippen molar-refractivity contribution in [2.75, 3.05) is 39.3 Å². The molecule has 1 atom stereocenters. The number of rotatable bonds is 4. The zero-order valence-electron chi connectivity index (χ0n) is 16.5. The predicted molar refractivity (Wildman–Crippen MR) is 104 cm³/mol. The minimum Gasteiger partial charge on any atom is -0.344 e. The van der Waals surface area contributed by atoms with Crippen LogP contribution in [0.5, 0.6) is 0 Å². The summed E-state index contributed by atoms with van der Waals surface area (Å²) >= 11 is 0. The summed E-state index contributed by atoms with van der Waals surface area (Å²) in [6.45, 7) is 11.7. The molecule has 3 saturated heterocycles. The highest BCUT2D eigenvalue weighted by atomic mass is 16.1. The first-order chi connectivity index (χ1) is 12.2. The second kappa shape index (κ2) is 8.85. The van der Waals surface area contributed by atoms with E-state index < -0.39 is 0 Å². The maximum Gasteiger partial charge on any atom is 0.209 e. The number of nitrogens with zero attached hydrogens (tertiary/aromatic N) is 2. The molecule has 0 aromatic rings. The molecule has 3 heterocycles. The van der Waals surface area contributed by atoms with Gasteiger partial charge in [0.05, 0.1) is 0 Å². The van der Waals surface area contributed by atoms with E-state index in [9.17, 15) is 4.79 Å². The van der Waals surface area contributed by atoms with Crippen LogP contribution in [-0.4, -0.2) is 61.5 Å². The van der Waals surface area contributed by atoms with Gasteiger partial charge >= 0.3 is 0 Å². The topological polar surface area (TPSA) is 35.6 Å². The third kappa shape index (κ3) is 4.77. The van der Waals surface area contributed by atoms with E-state index in [4.69, 9.17) is 0 Å². The summed E-state index contributed by atoms with van der Waals surface area (Å²) in [7, 11) is 0. The lowest BCUT2D eigenvalue weighted by Gasteiger charge is -2.54. The zero-order valence-corrected chi connectivity index (χ0v) is 16.5. The molecule has 0 bridgehead atoms. The molecule has 1 saturated carbocycles. The van der Waals surface area contributed by atoms with Crippen molar-refractivity contribution in [3.8, 4) is 0 Å². The van der Waals surface area contributed by atoms with Gasteiger partial charge in [-0.15, -0.1) is 0 Å². The van der Waals surface area contributed by atoms with Gasteiger partial charge in [0, 0.05) is 37.6 Å². The minimum atomic E-state index is 0.501. The van der Waals surface area contributed by atoms with Crippen LogP contribution in [-0.2, 0) is 4.79 Å². The second-order valence-electron chi connectivity index (χ2n) is 9.16. The molecular formula is C21H39N3O. The summed E-state index contributed by atoms with van der Waals surface area (Å²) in [4.78, 5) is 14.7. The number of amides is 1. The van der Waals surface area contributed by atoms with E-state index in [0.29, 0.717) is 5.41 Å². The summed E-state index contributed by atoms with van der Waals surface area (Å²) in [6, 6.07) is 0.951. The smallest absolute Gasteiger partial charge is 0.209 e. The van der Waals surface area contributed by atoms with Crippen molar-refractivity contribution in [3.05, 3.63) is 0 Å². The highest BCUT2D eigenvalue weighted by Gasteiger charge is 2.46. The number of likely N-dealkylation sites (tertiary alicyclic amines) is 2. The van der Waals surface area contributed by atoms with Gasteiger partial charge in [-0.1, -0.05) is 39.5 Å². The Labute approximate surface area is 154 Å². The van der Waals surface area contributed by atoms with E-state index in [1.54, 1.807) is 0 Å². The van der Waals surface area contributed by atoms with Crippen LogP contribution in [0.4, 0.5) is 0 Å². The molecule has 3 aliphatic heterocycles. The summed E-state index contributed by atoms with van der Waals surface area (Å²) in [6.07, 6.45) is 12.6. The van der Waals surface area contributed by atoms with Crippen LogP contribution in [0.3, 0.4) is 0 Å². The third-order valence-corrected chi connectivity index (χ3v) is 7.34. The molecule has 0 aromatic heterocycles. The molecule has 1 amide bonds. The van der Waals surface area contributed by atoms with Gasteiger partial charge in [0.25, 0.3) is 0 Å². The molecule has 4 aliphatic rings. The van der Waals surface area contributed by atoms with Gasteiger partial charge in [0.1, 0.15) is 0 Å². The molecule has 4 heteroatoms. The lowest BCUT2D eigenvalue weighted by atomic mass is 9.75. The van der Waals surface area contributed by atoms with Crippen molar-refractivity contribution in [2.45, 2.75) is 71.3 Å². The maximum atomic E-state index is 10.1. The summed E-state index contributed by atoms with van der Waals surface area (Å²) < 4.78 is 0. The van der Waals surface area contributed by atoms with Crippen LogP contribution in [0, 0.1) is 17.3 Å². The van der Waals surface area contributed by atoms with Crippen LogP contribution < -0.4 is 5.32 Å². The Bertz CT molecular complexity index is 401. The number of hydrogen-bond donors (Lipinski definition) is 1. The van der Waals surface area contributed by atoms with E-state index >= 15 is 0 Å². The second-order valence-corrected chi connectivity index (χ2v) is 9.16. The van der Waals surface area contributed by atoms with Crippen molar-refractivity contribution in [3.63, 3.8) is 0 Å². The SMILES string of the molecule is CCC(C)C1CCN(C2CCCCC2)CC1.O=CN1CC2(CNC2)C1. The molecular weight excluding hydrogens is 310 g/mol. The Balaban J connectivity index is 0.000000170. The Kier molecular flexibility index (Phi) is 6.79. The van der Waals surface area contributed by atoms with E-state index in [1.807, 2.05) is 4.90 Å². The van der Waals surface area contributed by atoms with Crippen LogP contribution in [0.1, 0.15) is 65.2 Å². The highest BCUT2D eigenvalue weighted by molar-refractivity contribution is 5.49. The van der Waals surface area contributed by atoms with Crippen molar-refractivity contribution in [1.82, 2.24) is 15.1 Å². The van der Waals surface area contributed by atoms with Crippen molar-refractivity contribution in [2.24, 2.45) is 17.3 Å². The Hall–Kier alpha value is -0.610. The average Bonchev–Trinajstić information content (AvgIpc) is 2.60. The van der Waals surface area contributed by atoms with Crippen LogP contribution in [0.25, 0.3) is 0 Å². The molecule has 1 N–H and O–H groups in total. The Morgan fingerprint density at radius 3 is 2.20 bits per heavy atom. The van der Waals surface area contributed by atoms with Crippen LogP contribution >= 0.6 is 0 Å². The number of carbonyl (C=O) groups is 1. The van der Waals surface area contributed by atoms with Crippen LogP contribution in [0.2, 0.25) is 0 Å². The Morgan fingerprint density at radius 2 is 1.72 bits per heavy atom. The van der Waals surface area contributed by atoms with Gasteiger partial charge in [0.2, 0.25) is 6.41 Å². The number of carbonyl (C=O) groups excluding carboxylic acids is 1. The largest absolute Gasteiger partial charge is 0.344 e. The molecule has 1 spiro atoms. The standard InChI is InChI=1S/C15H29N.C6H10N2O/c1-3-13(2)14-9-11-16(12-10-14)15-7-5-4-6-8-15;9-5-8-3-6(4-8)1-7-2-6/h13-15H,3-12H2,1-2H3;5,7H,1-4H2. The minimum absolute atomic E-state index is 0.501. The van der Waals surface area contributed by atoms with Crippen molar-refractivity contribution >= 4 is 6.41 Å². The van der Waals surface area contributed by atoms with Gasteiger partial charge in [-0.2, -0.15) is 0 Å². The quantitative estimate of drug-likeness (QED) is 0.792. The van der Waals surface area contributed by atoms with Crippen molar-refractivity contribution < 1.29 is 4.79 Å². The van der Waals surface area contributed by atoms with Crippen molar-refractivity contribution in [1.29, 1.82) is 0 Å². The molecule has 0 aromatic carbocycles. The van der Waals surface area contributed by atoms with Gasteiger partial charge in [-0.25, -0.2) is 0 Å². The molecule has 25 heavy (non-hydrogen) atoms. The summed E-state index contributed by atoms with van der Waals surface area (Å²) in [5.41, 5.74) is 0.501. The Morgan fingerprint density at radius 1 is 1.08 bits per heavy atom. The molecule has 4 rings (SSSR count). The molecule has 4 fully saturated rings. The number of nitrogens with one attached hydrogen (secondary N) is 1. The first kappa shape index (κ1) is 19.2. The maximum absolute atomic E-state index is 10.1. The van der Waals surface area contributed by atoms with Gasteiger partial charge in [-0.3, -0.25) is 4.79 Å². The molecule has 4 nitrogen and oxygen atoms in total. The van der Waals surface area contributed by atoms with Gasteiger partial charge in [-0.05, 0) is 50.6 Å². The summed E-state index contributed by atoms with van der Waals surface area (Å²) in [5.74, 6) is 1.97. The first-order valence-corrected chi connectivity index (χ1v) is 10.8. The number of piperidine rings is 1. The average molecular weight is 350 g/mol. The molecule has 1 unspecified atom stereocenters. The third-order valence-electron chi connectivity index (χ3n) is 7.34. The van der Waals surface area contributed by atoms with Crippen LogP contribution in [0.15, 0.2) is 0 Å². The first-order valence-electron chi connectivity index (χ1n) is 10.8. The number of hydrogen-bond acceptors (Lipinski definition) is 3. The molecule has 0 radical (unpaired) electrons. The van der Waals surface area contributed by atoms with E-state index in [-0.39, 0.29) is 0 Å². The highest BCUT2D eigenvalue weighted by Crippen LogP contribution is 2.32. The molecule has 1 aliphatic carbocycles. The van der Waals surface area contributed by atoms with Gasteiger partial charge < -0.3 is 15.1 Å². The van der Waals surface area contributed by atoms with E-state index in [2.05, 4.69) is 24.1 Å². The lowest BCUT2D eigenvalue weighted by Crippen LogP contribution is -2.70. The zero-order chi connectivity index (χ0) is 17.7. The predicted octanol–water partition coefficient (Wildman–Crippen LogP) is 3.13. The van der Waals surface area contributed by atoms with Gasteiger partial charge in [0.15, 0.2) is 0 Å². The fourth-order valence-electron chi connectivity index (χ4n) is 5.23. The monoisotopic (exact) mass is 349 g/mol. The summed E-state index contributed by atoms with van der Waals surface area (Å²) in [5, 5.41) is 3.21. The normalized spacial score (nSPS) is 28.5.